The van der Waals surface area contributed by atoms with Crippen molar-refractivity contribution < 1.29 is 13.2 Å². The van der Waals surface area contributed by atoms with E-state index in [0.717, 1.165) is 0 Å². The van der Waals surface area contributed by atoms with Crippen LogP contribution in [0.1, 0.15) is 25.7 Å². The van der Waals surface area contributed by atoms with Gasteiger partial charge in [-0.1, -0.05) is 0 Å². The fraction of sp³-hybridized carbons (Fsp3) is 0.389. The Morgan fingerprint density at radius 2 is 1.73 bits per heavy atom. The Morgan fingerprint density at radius 3 is 2.31 bits per heavy atom. The Bertz CT molecular complexity index is 766. The van der Waals surface area contributed by atoms with Crippen molar-refractivity contribution in [1.82, 2.24) is 9.88 Å². The van der Waals surface area contributed by atoms with Crippen LogP contribution in [0.2, 0.25) is 0 Å². The molecule has 8 heteroatoms. The number of nitrogens with zero attached hydrogens (tertiary/aromatic N) is 3. The van der Waals surface area contributed by atoms with Gasteiger partial charge in [0.15, 0.2) is 0 Å². The van der Waals surface area contributed by atoms with Gasteiger partial charge in [-0.2, -0.15) is 0 Å². The topological polar surface area (TPSA) is 71.4 Å². The molecular weight excluding hydrogens is 343 g/mol. The molecule has 4 N–H and O–H groups in total. The van der Waals surface area contributed by atoms with Crippen molar-refractivity contribution in [2.75, 3.05) is 11.4 Å². The minimum Gasteiger partial charge on any atom is -0.336 e. The number of rotatable bonds is 4. The van der Waals surface area contributed by atoms with Gasteiger partial charge >= 0.3 is 0 Å². The smallest absolute Gasteiger partial charge is 0.255 e. The number of nitrogens with two attached hydrogens (primary N) is 2. The van der Waals surface area contributed by atoms with Gasteiger partial charge in [0.2, 0.25) is 0 Å². The number of hydrogen-bond acceptors (Lipinski definition) is 5. The fourth-order valence-corrected chi connectivity index (χ4v) is 3.30. The largest absolute Gasteiger partial charge is 0.336 e. The fourth-order valence-electron chi connectivity index (χ4n) is 3.30. The number of halogens is 3. The van der Waals surface area contributed by atoms with Crippen LogP contribution in [0.4, 0.5) is 18.9 Å². The highest BCUT2D eigenvalue weighted by molar-refractivity contribution is 5.65. The summed E-state index contributed by atoms with van der Waals surface area (Å²) in [5.41, 5.74) is 14.8. The summed E-state index contributed by atoms with van der Waals surface area (Å²) in [6.45, 7) is 3.28. The van der Waals surface area contributed by atoms with Crippen LogP contribution in [0, 0.1) is 5.82 Å². The van der Waals surface area contributed by atoms with E-state index < -0.39 is 25.4 Å². The minimum absolute atomic E-state index is 0.0652. The van der Waals surface area contributed by atoms with Gasteiger partial charge in [-0.25, -0.2) is 23.1 Å². The van der Waals surface area contributed by atoms with E-state index in [9.17, 15) is 13.2 Å². The van der Waals surface area contributed by atoms with E-state index >= 15 is 0 Å². The van der Waals surface area contributed by atoms with Gasteiger partial charge in [0.05, 0.1) is 23.6 Å². The lowest BCUT2D eigenvalue weighted by Gasteiger charge is -2.48. The first kappa shape index (κ1) is 18.6. The quantitative estimate of drug-likeness (QED) is 0.872. The number of pyridine rings is 1. The summed E-state index contributed by atoms with van der Waals surface area (Å²) < 4.78 is 39.3. The summed E-state index contributed by atoms with van der Waals surface area (Å²) in [5, 5.41) is 0. The summed E-state index contributed by atoms with van der Waals surface area (Å²) >= 11 is 0. The average molecular weight is 365 g/mol. The van der Waals surface area contributed by atoms with Crippen molar-refractivity contribution in [2.45, 2.75) is 38.8 Å². The highest BCUT2D eigenvalue weighted by atomic mass is 19.3. The first-order chi connectivity index (χ1) is 12.3. The molecular formula is C18H22F3N5. The van der Waals surface area contributed by atoms with E-state index in [1.54, 1.807) is 29.2 Å². The van der Waals surface area contributed by atoms with E-state index in [1.807, 2.05) is 13.8 Å². The maximum absolute atomic E-state index is 13.2. The zero-order valence-corrected chi connectivity index (χ0v) is 14.6. The van der Waals surface area contributed by atoms with Gasteiger partial charge in [-0.3, -0.25) is 5.73 Å². The number of alkyl halides is 2. The third-order valence-corrected chi connectivity index (χ3v) is 4.51. The van der Waals surface area contributed by atoms with Crippen molar-refractivity contribution in [3.05, 3.63) is 47.9 Å². The van der Waals surface area contributed by atoms with Crippen molar-refractivity contribution in [1.29, 1.82) is 0 Å². The molecule has 0 saturated carbocycles. The predicted octanol–water partition coefficient (Wildman–Crippen LogP) is 2.88. The molecule has 1 aliphatic rings. The first-order valence-electron chi connectivity index (χ1n) is 8.40. The van der Waals surface area contributed by atoms with Gasteiger partial charge in [-0.05, 0) is 50.2 Å². The highest BCUT2D eigenvalue weighted by Crippen LogP contribution is 2.36. The van der Waals surface area contributed by atoms with Gasteiger partial charge in [0.25, 0.3) is 6.43 Å². The van der Waals surface area contributed by atoms with Crippen LogP contribution in [0.5, 0.6) is 0 Å². The van der Waals surface area contributed by atoms with Crippen LogP contribution in [-0.2, 0) is 0 Å². The van der Waals surface area contributed by atoms with Crippen molar-refractivity contribution in [3.63, 3.8) is 0 Å². The molecule has 3 rings (SSSR count). The van der Waals surface area contributed by atoms with Crippen LogP contribution < -0.4 is 16.4 Å². The summed E-state index contributed by atoms with van der Waals surface area (Å²) in [6.07, 6.45) is -3.95. The minimum atomic E-state index is -2.55. The summed E-state index contributed by atoms with van der Waals surface area (Å²) in [7, 11) is 0. The summed E-state index contributed by atoms with van der Waals surface area (Å²) in [5.74, 6) is -0.344. The lowest BCUT2D eigenvalue weighted by molar-refractivity contribution is 0.0682. The molecule has 1 aliphatic heterocycles. The average Bonchev–Trinajstić information content (AvgIpc) is 2.58. The van der Waals surface area contributed by atoms with Crippen molar-refractivity contribution >= 4 is 5.69 Å². The highest BCUT2D eigenvalue weighted by Gasteiger charge is 2.38. The van der Waals surface area contributed by atoms with E-state index in [-0.39, 0.29) is 11.9 Å². The number of fused-ring (bicyclic) bond motifs is 1. The number of anilines is 1. The second-order valence-electron chi connectivity index (χ2n) is 6.55. The van der Waals surface area contributed by atoms with Crippen LogP contribution in [-0.4, -0.2) is 35.2 Å². The molecule has 1 aromatic heterocycles. The monoisotopic (exact) mass is 365 g/mol. The Morgan fingerprint density at radius 1 is 1.08 bits per heavy atom. The Labute approximate surface area is 150 Å². The summed E-state index contributed by atoms with van der Waals surface area (Å²) in [6, 6.07) is 9.24. The van der Waals surface area contributed by atoms with Crippen LogP contribution in [0.15, 0.2) is 36.4 Å². The lowest BCUT2D eigenvalue weighted by Crippen LogP contribution is -2.63. The SMILES string of the molecule is CC(C)N1C(N)c2nc(-c3ccc(F)cc3)ccc2N(CC(F)F)C1N. The standard InChI is InChI=1S/C18H22F3N5/c1-10(2)26-17(22)16-14(25(18(26)23)9-15(20)21)8-7-13(24-16)11-3-5-12(19)6-4-11/h3-8,10,15,17-18H,9,22-23H2,1-2H3. The molecule has 0 amide bonds. The van der Waals surface area contributed by atoms with E-state index in [2.05, 4.69) is 4.98 Å². The third-order valence-electron chi connectivity index (χ3n) is 4.51. The first-order valence-corrected chi connectivity index (χ1v) is 8.40. The molecule has 140 valence electrons. The van der Waals surface area contributed by atoms with Gasteiger partial charge < -0.3 is 10.6 Å². The van der Waals surface area contributed by atoms with E-state index in [1.165, 1.54) is 17.0 Å². The molecule has 2 aromatic rings. The molecule has 0 fully saturated rings. The van der Waals surface area contributed by atoms with E-state index in [0.29, 0.717) is 22.6 Å². The molecule has 26 heavy (non-hydrogen) atoms. The number of hydrogen-bond donors (Lipinski definition) is 2. The van der Waals surface area contributed by atoms with Crippen molar-refractivity contribution in [3.8, 4) is 11.3 Å². The second-order valence-corrected chi connectivity index (χ2v) is 6.55. The maximum Gasteiger partial charge on any atom is 0.255 e. The molecule has 0 radical (unpaired) electrons. The molecule has 2 atom stereocenters. The molecule has 0 aliphatic carbocycles. The van der Waals surface area contributed by atoms with E-state index in [4.69, 9.17) is 11.5 Å². The summed E-state index contributed by atoms with van der Waals surface area (Å²) in [4.78, 5) is 7.75. The predicted molar refractivity (Wildman–Crippen MR) is 94.9 cm³/mol. The van der Waals surface area contributed by atoms with Gasteiger partial charge in [0, 0.05) is 11.6 Å². The Balaban J connectivity index is 2.08. The van der Waals surface area contributed by atoms with Crippen LogP contribution >= 0.6 is 0 Å². The molecule has 2 heterocycles. The Hall–Kier alpha value is -2.16. The van der Waals surface area contributed by atoms with Crippen LogP contribution in [0.3, 0.4) is 0 Å². The lowest BCUT2D eigenvalue weighted by atomic mass is 10.1. The normalized spacial score (nSPS) is 20.7. The Kier molecular flexibility index (Phi) is 5.17. The van der Waals surface area contributed by atoms with Crippen molar-refractivity contribution in [2.24, 2.45) is 11.5 Å². The molecule has 1 aromatic carbocycles. The molecule has 0 bridgehead atoms. The zero-order chi connectivity index (χ0) is 19.0. The maximum atomic E-state index is 13.2. The van der Waals surface area contributed by atoms with Gasteiger partial charge in [0.1, 0.15) is 18.3 Å². The molecule has 0 saturated heterocycles. The number of aromatic nitrogens is 1. The third kappa shape index (κ3) is 3.40. The number of benzene rings is 1. The second kappa shape index (κ2) is 7.22. The molecule has 5 nitrogen and oxygen atoms in total. The molecule has 2 unspecified atom stereocenters. The zero-order valence-electron chi connectivity index (χ0n) is 14.6. The molecule has 0 spiro atoms. The van der Waals surface area contributed by atoms with Gasteiger partial charge in [-0.15, -0.1) is 0 Å². The van der Waals surface area contributed by atoms with Crippen LogP contribution in [0.25, 0.3) is 11.3 Å².